The summed E-state index contributed by atoms with van der Waals surface area (Å²) in [5.74, 6) is 0.0556. The first-order valence-corrected chi connectivity index (χ1v) is 7.74. The van der Waals surface area contributed by atoms with Crippen LogP contribution in [-0.2, 0) is 9.53 Å². The van der Waals surface area contributed by atoms with Crippen LogP contribution >= 0.6 is 0 Å². The fraction of sp³-hybridized carbons (Fsp3) is 0.316. The number of rotatable bonds is 4. The van der Waals surface area contributed by atoms with Gasteiger partial charge >= 0.3 is 0 Å². The molecule has 0 saturated carbocycles. The Kier molecular flexibility index (Phi) is 4.54. The Morgan fingerprint density at radius 1 is 1.09 bits per heavy atom. The van der Waals surface area contributed by atoms with E-state index in [2.05, 4.69) is 12.1 Å². The standard InChI is InChI=1S/C19H21NO2/c1-22-18(16-11-6-3-7-12-16)19(21)20-14-8-13-17(20)15-9-4-2-5-10-15/h2-7,9-12,17-18H,8,13-14H2,1H3/t17-,18-/m0/s1. The lowest BCUT2D eigenvalue weighted by molar-refractivity contribution is -0.143. The van der Waals surface area contributed by atoms with Crippen LogP contribution in [0.1, 0.15) is 36.1 Å². The van der Waals surface area contributed by atoms with Crippen LogP contribution in [0.2, 0.25) is 0 Å². The highest BCUT2D eigenvalue weighted by molar-refractivity contribution is 5.83. The Morgan fingerprint density at radius 3 is 2.36 bits per heavy atom. The quantitative estimate of drug-likeness (QED) is 0.860. The molecule has 22 heavy (non-hydrogen) atoms. The van der Waals surface area contributed by atoms with Crippen LogP contribution in [0.3, 0.4) is 0 Å². The zero-order chi connectivity index (χ0) is 15.4. The monoisotopic (exact) mass is 295 g/mol. The third-order valence-corrected chi connectivity index (χ3v) is 4.28. The van der Waals surface area contributed by atoms with Gasteiger partial charge in [-0.2, -0.15) is 0 Å². The first-order chi connectivity index (χ1) is 10.8. The number of carbonyl (C=O) groups excluding carboxylic acids is 1. The summed E-state index contributed by atoms with van der Waals surface area (Å²) < 4.78 is 5.50. The van der Waals surface area contributed by atoms with Gasteiger partial charge in [-0.3, -0.25) is 4.79 Å². The number of nitrogens with zero attached hydrogens (tertiary/aromatic N) is 1. The molecule has 3 heteroatoms. The van der Waals surface area contributed by atoms with Gasteiger partial charge in [-0.05, 0) is 24.0 Å². The van der Waals surface area contributed by atoms with Crippen LogP contribution in [-0.4, -0.2) is 24.5 Å². The molecule has 2 aromatic rings. The summed E-state index contributed by atoms with van der Waals surface area (Å²) >= 11 is 0. The van der Waals surface area contributed by atoms with Gasteiger partial charge in [-0.15, -0.1) is 0 Å². The smallest absolute Gasteiger partial charge is 0.256 e. The van der Waals surface area contributed by atoms with Crippen molar-refractivity contribution in [2.75, 3.05) is 13.7 Å². The molecular formula is C19H21NO2. The van der Waals surface area contributed by atoms with Crippen LogP contribution in [0, 0.1) is 0 Å². The van der Waals surface area contributed by atoms with Gasteiger partial charge in [0, 0.05) is 13.7 Å². The van der Waals surface area contributed by atoms with Crippen molar-refractivity contribution in [1.82, 2.24) is 4.90 Å². The molecule has 0 spiro atoms. The average molecular weight is 295 g/mol. The molecule has 0 radical (unpaired) electrons. The molecule has 2 atom stereocenters. The Labute approximate surface area is 131 Å². The molecule has 1 saturated heterocycles. The van der Waals surface area contributed by atoms with Crippen molar-refractivity contribution in [3.8, 4) is 0 Å². The molecule has 0 N–H and O–H groups in total. The summed E-state index contributed by atoms with van der Waals surface area (Å²) in [5, 5.41) is 0. The Hall–Kier alpha value is -2.13. The molecule has 114 valence electrons. The lowest BCUT2D eigenvalue weighted by atomic mass is 10.0. The van der Waals surface area contributed by atoms with Gasteiger partial charge in [0.25, 0.3) is 5.91 Å². The molecule has 1 amide bonds. The second-order valence-electron chi connectivity index (χ2n) is 5.63. The lowest BCUT2D eigenvalue weighted by Crippen LogP contribution is -2.35. The van der Waals surface area contributed by atoms with Crippen molar-refractivity contribution in [3.05, 3.63) is 71.8 Å². The zero-order valence-corrected chi connectivity index (χ0v) is 12.8. The number of methoxy groups -OCH3 is 1. The van der Waals surface area contributed by atoms with E-state index in [1.54, 1.807) is 7.11 Å². The van der Waals surface area contributed by atoms with Crippen molar-refractivity contribution in [1.29, 1.82) is 0 Å². The number of ether oxygens (including phenoxy) is 1. The molecule has 2 aromatic carbocycles. The van der Waals surface area contributed by atoms with E-state index < -0.39 is 6.10 Å². The molecule has 0 unspecified atom stereocenters. The maximum absolute atomic E-state index is 13.0. The van der Waals surface area contributed by atoms with Crippen LogP contribution in [0.15, 0.2) is 60.7 Å². The third-order valence-electron chi connectivity index (χ3n) is 4.28. The van der Waals surface area contributed by atoms with E-state index in [-0.39, 0.29) is 11.9 Å². The predicted molar refractivity (Wildman–Crippen MR) is 86.3 cm³/mol. The Bertz CT molecular complexity index is 612. The van der Waals surface area contributed by atoms with E-state index in [9.17, 15) is 4.79 Å². The van der Waals surface area contributed by atoms with Gasteiger partial charge < -0.3 is 9.64 Å². The second kappa shape index (κ2) is 6.75. The molecule has 1 heterocycles. The lowest BCUT2D eigenvalue weighted by Gasteiger charge is -2.28. The number of likely N-dealkylation sites (tertiary alicyclic amines) is 1. The van der Waals surface area contributed by atoms with Gasteiger partial charge in [0.1, 0.15) is 0 Å². The summed E-state index contributed by atoms with van der Waals surface area (Å²) in [4.78, 5) is 14.9. The van der Waals surface area contributed by atoms with Crippen molar-refractivity contribution < 1.29 is 9.53 Å². The number of hydrogen-bond donors (Lipinski definition) is 0. The fourth-order valence-electron chi connectivity index (χ4n) is 3.21. The van der Waals surface area contributed by atoms with E-state index in [4.69, 9.17) is 4.74 Å². The molecule has 1 aliphatic rings. The summed E-state index contributed by atoms with van der Waals surface area (Å²) in [6.45, 7) is 0.797. The average Bonchev–Trinajstić information content (AvgIpc) is 3.07. The van der Waals surface area contributed by atoms with Gasteiger partial charge in [-0.25, -0.2) is 0 Å². The first kappa shape index (κ1) is 14.8. The summed E-state index contributed by atoms with van der Waals surface area (Å²) in [5.41, 5.74) is 2.12. The fourth-order valence-corrected chi connectivity index (χ4v) is 3.21. The predicted octanol–water partition coefficient (Wildman–Crippen LogP) is 3.74. The summed E-state index contributed by atoms with van der Waals surface area (Å²) in [7, 11) is 1.60. The largest absolute Gasteiger partial charge is 0.367 e. The summed E-state index contributed by atoms with van der Waals surface area (Å²) in [6.07, 6.45) is 1.53. The molecule has 0 aliphatic carbocycles. The zero-order valence-electron chi connectivity index (χ0n) is 12.8. The van der Waals surface area contributed by atoms with Gasteiger partial charge in [0.15, 0.2) is 6.10 Å². The first-order valence-electron chi connectivity index (χ1n) is 7.74. The SMILES string of the molecule is CO[C@H](C(=O)N1CCC[C@H]1c1ccccc1)c1ccccc1. The molecule has 0 bridgehead atoms. The number of amides is 1. The minimum Gasteiger partial charge on any atom is -0.367 e. The van der Waals surface area contributed by atoms with Crippen LogP contribution in [0.5, 0.6) is 0 Å². The minimum absolute atomic E-state index is 0.0556. The minimum atomic E-state index is -0.523. The van der Waals surface area contributed by atoms with Gasteiger partial charge in [0.2, 0.25) is 0 Å². The van der Waals surface area contributed by atoms with E-state index in [1.165, 1.54) is 5.56 Å². The number of carbonyl (C=O) groups is 1. The van der Waals surface area contributed by atoms with E-state index in [0.717, 1.165) is 24.9 Å². The summed E-state index contributed by atoms with van der Waals surface area (Å²) in [6, 6.07) is 20.1. The Balaban J connectivity index is 1.84. The molecule has 3 nitrogen and oxygen atoms in total. The Morgan fingerprint density at radius 2 is 1.73 bits per heavy atom. The van der Waals surface area contributed by atoms with E-state index >= 15 is 0 Å². The van der Waals surface area contributed by atoms with Crippen molar-refractivity contribution >= 4 is 5.91 Å². The van der Waals surface area contributed by atoms with Gasteiger partial charge in [-0.1, -0.05) is 60.7 Å². The molecule has 1 aliphatic heterocycles. The van der Waals surface area contributed by atoms with Crippen molar-refractivity contribution in [2.45, 2.75) is 25.0 Å². The maximum atomic E-state index is 13.0. The van der Waals surface area contributed by atoms with Gasteiger partial charge in [0.05, 0.1) is 6.04 Å². The number of hydrogen-bond acceptors (Lipinski definition) is 2. The van der Waals surface area contributed by atoms with Crippen LogP contribution in [0.25, 0.3) is 0 Å². The van der Waals surface area contributed by atoms with Crippen LogP contribution < -0.4 is 0 Å². The second-order valence-corrected chi connectivity index (χ2v) is 5.63. The van der Waals surface area contributed by atoms with E-state index in [0.29, 0.717) is 0 Å². The molecular weight excluding hydrogens is 274 g/mol. The maximum Gasteiger partial charge on any atom is 0.256 e. The van der Waals surface area contributed by atoms with Crippen molar-refractivity contribution in [3.63, 3.8) is 0 Å². The van der Waals surface area contributed by atoms with Crippen LogP contribution in [0.4, 0.5) is 0 Å². The normalized spacial score (nSPS) is 19.1. The highest BCUT2D eigenvalue weighted by Crippen LogP contribution is 2.34. The number of benzene rings is 2. The third kappa shape index (κ3) is 2.90. The highest BCUT2D eigenvalue weighted by Gasteiger charge is 2.34. The van der Waals surface area contributed by atoms with E-state index in [1.807, 2.05) is 53.4 Å². The van der Waals surface area contributed by atoms with Crippen molar-refractivity contribution in [2.24, 2.45) is 0 Å². The molecule has 0 aromatic heterocycles. The topological polar surface area (TPSA) is 29.5 Å². The molecule has 3 rings (SSSR count). The molecule has 1 fully saturated rings. The highest BCUT2D eigenvalue weighted by atomic mass is 16.5.